The number of rotatable bonds is 4. The van der Waals surface area contributed by atoms with Crippen LogP contribution in [0.25, 0.3) is 0 Å². The van der Waals surface area contributed by atoms with Crippen molar-refractivity contribution < 1.29 is 9.59 Å². The lowest BCUT2D eigenvalue weighted by Gasteiger charge is -2.21. The van der Waals surface area contributed by atoms with Crippen LogP contribution in [0.3, 0.4) is 0 Å². The maximum atomic E-state index is 12.3. The first-order chi connectivity index (χ1) is 11.4. The van der Waals surface area contributed by atoms with Crippen molar-refractivity contribution in [2.45, 2.75) is 13.8 Å². The monoisotopic (exact) mass is 385 g/mol. The number of hydrogen-bond acceptors (Lipinski definition) is 3. The van der Waals surface area contributed by atoms with Crippen LogP contribution in [-0.2, 0) is 9.59 Å². The Kier molecular flexibility index (Phi) is 5.72. The molecule has 1 N–H and O–H groups in total. The molecule has 2 amide bonds. The van der Waals surface area contributed by atoms with Crippen LogP contribution in [0.15, 0.2) is 46.9 Å². The van der Waals surface area contributed by atoms with E-state index in [1.807, 2.05) is 25.1 Å². The van der Waals surface area contributed by atoms with Gasteiger partial charge in [-0.1, -0.05) is 6.07 Å². The third-order valence-corrected chi connectivity index (χ3v) is 4.04. The van der Waals surface area contributed by atoms with E-state index in [2.05, 4.69) is 21.2 Å². The van der Waals surface area contributed by atoms with Gasteiger partial charge in [-0.05, 0) is 64.8 Å². The van der Waals surface area contributed by atoms with Crippen molar-refractivity contribution in [3.63, 3.8) is 0 Å². The van der Waals surface area contributed by atoms with E-state index in [1.54, 1.807) is 30.3 Å². The molecule has 0 bridgehead atoms. The SMILES string of the molecule is CC(=O)N(CC(=O)Nc1ccc(C)cc1Br)c1ccc(C#N)cc1. The maximum Gasteiger partial charge on any atom is 0.244 e. The second kappa shape index (κ2) is 7.75. The van der Waals surface area contributed by atoms with Crippen LogP contribution in [0.1, 0.15) is 18.1 Å². The van der Waals surface area contributed by atoms with Crippen molar-refractivity contribution in [1.82, 2.24) is 0 Å². The van der Waals surface area contributed by atoms with Crippen molar-refractivity contribution in [2.75, 3.05) is 16.8 Å². The molecule has 6 heteroatoms. The maximum absolute atomic E-state index is 12.3. The molecule has 0 aliphatic rings. The molecule has 0 atom stereocenters. The molecule has 0 saturated carbocycles. The minimum Gasteiger partial charge on any atom is -0.324 e. The first kappa shape index (κ1) is 17.7. The summed E-state index contributed by atoms with van der Waals surface area (Å²) in [5.41, 5.74) is 2.78. The third-order valence-electron chi connectivity index (χ3n) is 3.39. The molecule has 0 spiro atoms. The largest absolute Gasteiger partial charge is 0.324 e. The van der Waals surface area contributed by atoms with Gasteiger partial charge in [0.1, 0.15) is 6.54 Å². The number of nitriles is 1. The van der Waals surface area contributed by atoms with Gasteiger partial charge in [-0.25, -0.2) is 0 Å². The molecule has 122 valence electrons. The summed E-state index contributed by atoms with van der Waals surface area (Å²) in [7, 11) is 0. The molecule has 2 aromatic carbocycles. The van der Waals surface area contributed by atoms with Gasteiger partial charge in [-0.2, -0.15) is 5.26 Å². The predicted molar refractivity (Wildman–Crippen MR) is 96.7 cm³/mol. The van der Waals surface area contributed by atoms with Crippen LogP contribution in [-0.4, -0.2) is 18.4 Å². The van der Waals surface area contributed by atoms with Crippen LogP contribution < -0.4 is 10.2 Å². The van der Waals surface area contributed by atoms with E-state index in [0.717, 1.165) is 10.0 Å². The van der Waals surface area contributed by atoms with E-state index in [-0.39, 0.29) is 18.4 Å². The van der Waals surface area contributed by atoms with Gasteiger partial charge < -0.3 is 10.2 Å². The Morgan fingerprint density at radius 1 is 1.21 bits per heavy atom. The van der Waals surface area contributed by atoms with Crippen molar-refractivity contribution >= 4 is 39.1 Å². The van der Waals surface area contributed by atoms with Gasteiger partial charge in [0.2, 0.25) is 11.8 Å². The molecule has 2 aromatic rings. The van der Waals surface area contributed by atoms with Gasteiger partial charge in [0.05, 0.1) is 17.3 Å². The normalized spacial score (nSPS) is 9.92. The van der Waals surface area contributed by atoms with Crippen LogP contribution in [0, 0.1) is 18.3 Å². The molecule has 24 heavy (non-hydrogen) atoms. The zero-order valence-electron chi connectivity index (χ0n) is 13.3. The summed E-state index contributed by atoms with van der Waals surface area (Å²) in [5, 5.41) is 11.6. The second-order valence-corrected chi connectivity index (χ2v) is 6.15. The van der Waals surface area contributed by atoms with Crippen LogP contribution in [0.4, 0.5) is 11.4 Å². The first-order valence-electron chi connectivity index (χ1n) is 7.25. The lowest BCUT2D eigenvalue weighted by Crippen LogP contribution is -2.36. The molecule has 5 nitrogen and oxygen atoms in total. The number of aryl methyl sites for hydroxylation is 1. The minimum atomic E-state index is -0.306. The molecule has 0 heterocycles. The van der Waals surface area contributed by atoms with Crippen LogP contribution >= 0.6 is 15.9 Å². The third kappa shape index (κ3) is 4.43. The van der Waals surface area contributed by atoms with E-state index >= 15 is 0 Å². The number of anilines is 2. The standard InChI is InChI=1S/C18H16BrN3O2/c1-12-3-8-17(16(19)9-12)21-18(24)11-22(13(2)23)15-6-4-14(10-20)5-7-15/h3-9H,11H2,1-2H3,(H,21,24). The average Bonchev–Trinajstić information content (AvgIpc) is 2.55. The Balaban J connectivity index is 2.13. The molecular weight excluding hydrogens is 370 g/mol. The van der Waals surface area contributed by atoms with Gasteiger partial charge in [0.15, 0.2) is 0 Å². The zero-order chi connectivity index (χ0) is 17.7. The zero-order valence-corrected chi connectivity index (χ0v) is 14.9. The van der Waals surface area contributed by atoms with Gasteiger partial charge >= 0.3 is 0 Å². The summed E-state index contributed by atoms with van der Waals surface area (Å²) >= 11 is 3.41. The Morgan fingerprint density at radius 2 is 1.88 bits per heavy atom. The summed E-state index contributed by atoms with van der Waals surface area (Å²) in [6.45, 7) is 3.24. The van der Waals surface area contributed by atoms with Gasteiger partial charge in [-0.15, -0.1) is 0 Å². The molecule has 0 radical (unpaired) electrons. The molecule has 0 aromatic heterocycles. The summed E-state index contributed by atoms with van der Waals surface area (Å²) in [6, 6.07) is 14.1. The van der Waals surface area contributed by atoms with Crippen LogP contribution in [0.2, 0.25) is 0 Å². The lowest BCUT2D eigenvalue weighted by molar-refractivity contribution is -0.120. The van der Waals surface area contributed by atoms with E-state index in [4.69, 9.17) is 5.26 Å². The Morgan fingerprint density at radius 3 is 2.42 bits per heavy atom. The molecule has 2 rings (SSSR count). The van der Waals surface area contributed by atoms with Crippen molar-refractivity contribution in [3.05, 3.63) is 58.1 Å². The van der Waals surface area contributed by atoms with Gasteiger partial charge in [0, 0.05) is 17.1 Å². The number of nitrogens with zero attached hydrogens (tertiary/aromatic N) is 2. The first-order valence-corrected chi connectivity index (χ1v) is 8.04. The van der Waals surface area contributed by atoms with Crippen molar-refractivity contribution in [2.24, 2.45) is 0 Å². The lowest BCUT2D eigenvalue weighted by atomic mass is 10.2. The van der Waals surface area contributed by atoms with Crippen molar-refractivity contribution in [1.29, 1.82) is 5.26 Å². The fraction of sp³-hybridized carbons (Fsp3) is 0.167. The molecule has 0 fully saturated rings. The molecule has 0 saturated heterocycles. The molecular formula is C18H16BrN3O2. The van der Waals surface area contributed by atoms with E-state index < -0.39 is 0 Å². The highest BCUT2D eigenvalue weighted by molar-refractivity contribution is 9.10. The summed E-state index contributed by atoms with van der Waals surface area (Å²) in [4.78, 5) is 25.5. The number of carbonyl (C=O) groups excluding carboxylic acids is 2. The highest BCUT2D eigenvalue weighted by Gasteiger charge is 2.16. The fourth-order valence-corrected chi connectivity index (χ4v) is 2.75. The number of hydrogen-bond donors (Lipinski definition) is 1. The molecule has 0 unspecified atom stereocenters. The Bertz CT molecular complexity index is 810. The van der Waals surface area contributed by atoms with E-state index in [9.17, 15) is 9.59 Å². The van der Waals surface area contributed by atoms with Crippen molar-refractivity contribution in [3.8, 4) is 6.07 Å². The number of halogens is 1. The molecule has 0 aliphatic carbocycles. The number of carbonyl (C=O) groups is 2. The summed E-state index contributed by atoms with van der Waals surface area (Å²) in [5.74, 6) is -0.558. The van der Waals surface area contributed by atoms with Gasteiger partial charge in [0.25, 0.3) is 0 Å². The van der Waals surface area contributed by atoms with E-state index in [0.29, 0.717) is 16.9 Å². The number of amides is 2. The van der Waals surface area contributed by atoms with E-state index in [1.165, 1.54) is 11.8 Å². The average molecular weight is 386 g/mol. The summed E-state index contributed by atoms with van der Waals surface area (Å²) < 4.78 is 0.781. The molecule has 0 aliphatic heterocycles. The number of benzene rings is 2. The Labute approximate surface area is 149 Å². The smallest absolute Gasteiger partial charge is 0.244 e. The van der Waals surface area contributed by atoms with Gasteiger partial charge in [-0.3, -0.25) is 9.59 Å². The second-order valence-electron chi connectivity index (χ2n) is 5.30. The van der Waals surface area contributed by atoms with Crippen LogP contribution in [0.5, 0.6) is 0 Å². The quantitative estimate of drug-likeness (QED) is 0.872. The highest BCUT2D eigenvalue weighted by Crippen LogP contribution is 2.23. The predicted octanol–water partition coefficient (Wildman–Crippen LogP) is 3.62. The Hall–Kier alpha value is -2.65. The highest BCUT2D eigenvalue weighted by atomic mass is 79.9. The summed E-state index contributed by atoms with van der Waals surface area (Å²) in [6.07, 6.45) is 0. The fourth-order valence-electron chi connectivity index (χ4n) is 2.16. The number of nitrogens with one attached hydrogen (secondary N) is 1. The minimum absolute atomic E-state index is 0.110. The topological polar surface area (TPSA) is 73.2 Å².